The molecular weight excluding hydrogens is 296 g/mol. The minimum atomic E-state index is -1.82. The van der Waals surface area contributed by atoms with Crippen molar-refractivity contribution in [3.05, 3.63) is 34.9 Å². The van der Waals surface area contributed by atoms with Crippen molar-refractivity contribution in [2.45, 2.75) is 6.54 Å². The summed E-state index contributed by atoms with van der Waals surface area (Å²) >= 11 is 5.96. The number of hydrogen-bond donors (Lipinski definition) is 2. The highest BCUT2D eigenvalue weighted by Crippen LogP contribution is 2.13. The molecule has 0 unspecified atom stereocenters. The van der Waals surface area contributed by atoms with E-state index in [-0.39, 0.29) is 0 Å². The Bertz CT molecular complexity index is 476. The van der Waals surface area contributed by atoms with Crippen LogP contribution in [-0.4, -0.2) is 65.2 Å². The van der Waals surface area contributed by atoms with Crippen LogP contribution in [0.25, 0.3) is 0 Å². The quantitative estimate of drug-likeness (QED) is 0.800. The van der Waals surface area contributed by atoms with Gasteiger partial charge in [0.15, 0.2) is 0 Å². The first-order chi connectivity index (χ1) is 9.88. The normalized spacial score (nSPS) is 15.9. The van der Waals surface area contributed by atoms with E-state index >= 15 is 0 Å². The Labute approximate surface area is 128 Å². The van der Waals surface area contributed by atoms with Crippen LogP contribution >= 0.6 is 11.6 Å². The predicted octanol–water partition coefficient (Wildman–Crippen LogP) is 1.24. The van der Waals surface area contributed by atoms with Gasteiger partial charge in [-0.3, -0.25) is 4.90 Å². The summed E-state index contributed by atoms with van der Waals surface area (Å²) in [5.41, 5.74) is 1.31. The van der Waals surface area contributed by atoms with Gasteiger partial charge in [-0.1, -0.05) is 23.7 Å². The van der Waals surface area contributed by atoms with E-state index in [1.54, 1.807) is 0 Å². The summed E-state index contributed by atoms with van der Waals surface area (Å²) in [5, 5.41) is 15.6. The van der Waals surface area contributed by atoms with Crippen LogP contribution in [0, 0.1) is 0 Å². The summed E-state index contributed by atoms with van der Waals surface area (Å²) in [6.07, 6.45) is 0. The molecule has 21 heavy (non-hydrogen) atoms. The smallest absolute Gasteiger partial charge is 0.414 e. The maximum absolute atomic E-state index is 9.10. The summed E-state index contributed by atoms with van der Waals surface area (Å²) < 4.78 is 0. The number of nitrogens with zero attached hydrogens (tertiary/aromatic N) is 2. The number of carboxylic acid groups (broad SMARTS) is 2. The zero-order valence-corrected chi connectivity index (χ0v) is 12.6. The first-order valence-corrected chi connectivity index (χ1v) is 6.88. The van der Waals surface area contributed by atoms with Crippen molar-refractivity contribution >= 4 is 23.5 Å². The zero-order valence-electron chi connectivity index (χ0n) is 11.8. The van der Waals surface area contributed by atoms with Crippen LogP contribution in [0.15, 0.2) is 24.3 Å². The molecule has 2 N–H and O–H groups in total. The van der Waals surface area contributed by atoms with Gasteiger partial charge in [0.2, 0.25) is 0 Å². The Morgan fingerprint density at radius 1 is 1.14 bits per heavy atom. The Morgan fingerprint density at radius 2 is 1.71 bits per heavy atom. The fraction of sp³-hybridized carbons (Fsp3) is 0.429. The Morgan fingerprint density at radius 3 is 2.19 bits per heavy atom. The third-order valence-corrected chi connectivity index (χ3v) is 3.31. The molecule has 1 fully saturated rings. The highest BCUT2D eigenvalue weighted by atomic mass is 35.5. The lowest BCUT2D eigenvalue weighted by molar-refractivity contribution is -0.159. The largest absolute Gasteiger partial charge is 0.473 e. The van der Waals surface area contributed by atoms with Crippen LogP contribution in [0.4, 0.5) is 0 Å². The molecule has 0 bridgehead atoms. The molecule has 0 saturated carbocycles. The van der Waals surface area contributed by atoms with Gasteiger partial charge in [-0.15, -0.1) is 0 Å². The molecule has 1 aliphatic rings. The Hall–Kier alpha value is -1.63. The first kappa shape index (κ1) is 17.4. The average molecular weight is 315 g/mol. The van der Waals surface area contributed by atoms with Crippen LogP contribution in [0.5, 0.6) is 0 Å². The van der Waals surface area contributed by atoms with Crippen LogP contribution in [0.1, 0.15) is 5.56 Å². The van der Waals surface area contributed by atoms with E-state index in [1.807, 2.05) is 12.1 Å². The number of carbonyl (C=O) groups is 2. The molecule has 7 heteroatoms. The van der Waals surface area contributed by atoms with Crippen LogP contribution in [-0.2, 0) is 16.1 Å². The van der Waals surface area contributed by atoms with E-state index in [9.17, 15) is 0 Å². The molecule has 1 aromatic carbocycles. The second-order valence-electron chi connectivity index (χ2n) is 4.82. The number of carboxylic acids is 2. The van der Waals surface area contributed by atoms with Crippen LogP contribution < -0.4 is 0 Å². The highest BCUT2D eigenvalue weighted by molar-refractivity contribution is 6.30. The average Bonchev–Trinajstić information content (AvgIpc) is 2.42. The number of halogens is 1. The number of piperazine rings is 1. The van der Waals surface area contributed by atoms with E-state index in [0.717, 1.165) is 24.7 Å². The van der Waals surface area contributed by atoms with Crippen molar-refractivity contribution < 1.29 is 19.8 Å². The number of rotatable bonds is 2. The van der Waals surface area contributed by atoms with Gasteiger partial charge < -0.3 is 15.1 Å². The number of hydrogen-bond acceptors (Lipinski definition) is 4. The molecule has 0 spiro atoms. The van der Waals surface area contributed by atoms with Crippen molar-refractivity contribution in [1.82, 2.24) is 9.80 Å². The van der Waals surface area contributed by atoms with Crippen molar-refractivity contribution in [2.24, 2.45) is 0 Å². The Balaban J connectivity index is 0.000000315. The van der Waals surface area contributed by atoms with Gasteiger partial charge in [0.05, 0.1) is 0 Å². The molecule has 0 amide bonds. The van der Waals surface area contributed by atoms with Gasteiger partial charge in [0.25, 0.3) is 0 Å². The maximum atomic E-state index is 9.10. The van der Waals surface area contributed by atoms with E-state index in [0.29, 0.717) is 0 Å². The third kappa shape index (κ3) is 7.08. The molecule has 1 aliphatic heterocycles. The molecule has 1 saturated heterocycles. The fourth-order valence-electron chi connectivity index (χ4n) is 1.90. The van der Waals surface area contributed by atoms with Crippen molar-refractivity contribution in [3.63, 3.8) is 0 Å². The van der Waals surface area contributed by atoms with E-state index in [2.05, 4.69) is 29.0 Å². The van der Waals surface area contributed by atoms with Gasteiger partial charge in [-0.25, -0.2) is 9.59 Å². The minimum Gasteiger partial charge on any atom is -0.473 e. The maximum Gasteiger partial charge on any atom is 0.414 e. The van der Waals surface area contributed by atoms with E-state index < -0.39 is 11.9 Å². The van der Waals surface area contributed by atoms with Gasteiger partial charge in [-0.05, 0) is 24.7 Å². The summed E-state index contributed by atoms with van der Waals surface area (Å²) in [6, 6.07) is 8.15. The lowest BCUT2D eigenvalue weighted by Crippen LogP contribution is -2.43. The molecule has 0 radical (unpaired) electrons. The van der Waals surface area contributed by atoms with Gasteiger partial charge in [0.1, 0.15) is 0 Å². The van der Waals surface area contributed by atoms with Crippen molar-refractivity contribution in [2.75, 3.05) is 33.2 Å². The molecule has 1 aromatic rings. The summed E-state index contributed by atoms with van der Waals surface area (Å²) in [5.74, 6) is -3.65. The molecule has 1 heterocycles. The topological polar surface area (TPSA) is 81.1 Å². The van der Waals surface area contributed by atoms with Crippen molar-refractivity contribution in [3.8, 4) is 0 Å². The standard InChI is InChI=1S/C12H17ClN2.C2H2O4/c1-14-5-7-15(8-6-14)10-11-3-2-4-12(13)9-11;3-1(4)2(5)6/h2-4,9H,5-8,10H2,1H3;(H,3,4)(H,5,6). The number of likely N-dealkylation sites (N-methyl/N-ethyl adjacent to an activating group) is 1. The molecular formula is C14H19ClN2O4. The molecule has 6 nitrogen and oxygen atoms in total. The van der Waals surface area contributed by atoms with E-state index in [1.165, 1.54) is 18.7 Å². The van der Waals surface area contributed by atoms with E-state index in [4.69, 9.17) is 31.4 Å². The van der Waals surface area contributed by atoms with Gasteiger partial charge in [0, 0.05) is 37.7 Å². The van der Waals surface area contributed by atoms with Crippen LogP contribution in [0.3, 0.4) is 0 Å². The minimum absolute atomic E-state index is 0.835. The van der Waals surface area contributed by atoms with Gasteiger partial charge in [-0.2, -0.15) is 0 Å². The SMILES string of the molecule is CN1CCN(Cc2cccc(Cl)c2)CC1.O=C(O)C(=O)O. The summed E-state index contributed by atoms with van der Waals surface area (Å²) in [4.78, 5) is 23.0. The second kappa shape index (κ2) is 8.61. The monoisotopic (exact) mass is 314 g/mol. The van der Waals surface area contributed by atoms with Crippen molar-refractivity contribution in [1.29, 1.82) is 0 Å². The molecule has 0 atom stereocenters. The highest BCUT2D eigenvalue weighted by Gasteiger charge is 2.13. The zero-order chi connectivity index (χ0) is 15.8. The predicted molar refractivity (Wildman–Crippen MR) is 79.5 cm³/mol. The van der Waals surface area contributed by atoms with Crippen LogP contribution in [0.2, 0.25) is 5.02 Å². The molecule has 116 valence electrons. The second-order valence-corrected chi connectivity index (χ2v) is 5.26. The number of benzene rings is 1. The first-order valence-electron chi connectivity index (χ1n) is 6.50. The van der Waals surface area contributed by atoms with Gasteiger partial charge >= 0.3 is 11.9 Å². The fourth-order valence-corrected chi connectivity index (χ4v) is 2.11. The third-order valence-electron chi connectivity index (χ3n) is 3.07. The molecule has 0 aromatic heterocycles. The molecule has 0 aliphatic carbocycles. The summed E-state index contributed by atoms with van der Waals surface area (Å²) in [7, 11) is 2.18. The summed E-state index contributed by atoms with van der Waals surface area (Å²) in [6.45, 7) is 5.67. The molecule has 2 rings (SSSR count). The number of aliphatic carboxylic acids is 2. The Kier molecular flexibility index (Phi) is 7.14. The lowest BCUT2D eigenvalue weighted by Gasteiger charge is -2.32. The lowest BCUT2D eigenvalue weighted by atomic mass is 10.2.